The average Bonchev–Trinajstić information content (AvgIpc) is 2.73. The Hall–Kier alpha value is -2.82. The minimum atomic E-state index is -0.465. The van der Waals surface area contributed by atoms with E-state index in [9.17, 15) is 9.59 Å². The maximum absolute atomic E-state index is 12.6. The average molecular weight is 408 g/mol. The van der Waals surface area contributed by atoms with E-state index in [1.54, 1.807) is 0 Å². The lowest BCUT2D eigenvalue weighted by Gasteiger charge is -2.44. The smallest absolute Gasteiger partial charge is 0.222 e. The van der Waals surface area contributed by atoms with Gasteiger partial charge in [-0.15, -0.1) is 0 Å². The number of ether oxygens (including phenoxy) is 2. The number of carbonyl (C=O) groups is 2. The van der Waals surface area contributed by atoms with Crippen LogP contribution in [0.15, 0.2) is 42.5 Å². The first-order chi connectivity index (χ1) is 14.5. The number of hydrogen-bond donors (Lipinski definition) is 0. The summed E-state index contributed by atoms with van der Waals surface area (Å²) in [6.45, 7) is 5.86. The fraction of sp³-hybridized carbons (Fsp3) is 0.440. The highest BCUT2D eigenvalue weighted by atomic mass is 16.5. The Kier molecular flexibility index (Phi) is 5.80. The highest BCUT2D eigenvalue weighted by Gasteiger charge is 2.43. The van der Waals surface area contributed by atoms with E-state index in [1.807, 2.05) is 61.2 Å². The van der Waals surface area contributed by atoms with Gasteiger partial charge in [0.15, 0.2) is 5.78 Å². The van der Waals surface area contributed by atoms with Crippen molar-refractivity contribution in [1.29, 1.82) is 0 Å². The lowest BCUT2D eigenvalue weighted by atomic mass is 9.82. The Morgan fingerprint density at radius 3 is 2.50 bits per heavy atom. The van der Waals surface area contributed by atoms with Crippen LogP contribution in [0.3, 0.4) is 0 Å². The molecule has 4 rings (SSSR count). The third-order valence-electron chi connectivity index (χ3n) is 6.21. The zero-order chi connectivity index (χ0) is 21.1. The van der Waals surface area contributed by atoms with Crippen LogP contribution >= 0.6 is 0 Å². The van der Waals surface area contributed by atoms with Crippen LogP contribution in [0, 0.1) is 13.8 Å². The molecule has 30 heavy (non-hydrogen) atoms. The van der Waals surface area contributed by atoms with Crippen molar-refractivity contribution >= 4 is 11.7 Å². The van der Waals surface area contributed by atoms with Gasteiger partial charge in [-0.1, -0.05) is 30.3 Å². The molecule has 0 bridgehead atoms. The van der Waals surface area contributed by atoms with Gasteiger partial charge in [0.25, 0.3) is 0 Å². The molecule has 1 saturated heterocycles. The van der Waals surface area contributed by atoms with Gasteiger partial charge < -0.3 is 14.4 Å². The fourth-order valence-electron chi connectivity index (χ4n) is 4.47. The molecular weight excluding hydrogens is 378 g/mol. The molecule has 1 spiro atoms. The second-order valence-corrected chi connectivity index (χ2v) is 8.43. The van der Waals surface area contributed by atoms with Crippen molar-refractivity contribution in [3.05, 3.63) is 59.2 Å². The van der Waals surface area contributed by atoms with Gasteiger partial charge in [-0.05, 0) is 43.5 Å². The number of likely N-dealkylation sites (tertiary alicyclic amines) is 1. The summed E-state index contributed by atoms with van der Waals surface area (Å²) in [6.07, 6.45) is 2.95. The Bertz CT molecular complexity index is 924. The van der Waals surface area contributed by atoms with E-state index in [2.05, 4.69) is 0 Å². The van der Waals surface area contributed by atoms with E-state index in [-0.39, 0.29) is 11.7 Å². The molecule has 0 saturated carbocycles. The molecule has 5 heteroatoms. The summed E-state index contributed by atoms with van der Waals surface area (Å²) in [4.78, 5) is 27.1. The van der Waals surface area contributed by atoms with Gasteiger partial charge in [0.05, 0.1) is 18.6 Å². The maximum atomic E-state index is 12.6. The van der Waals surface area contributed by atoms with Gasteiger partial charge in [0.2, 0.25) is 5.91 Å². The third-order valence-corrected chi connectivity index (χ3v) is 6.21. The van der Waals surface area contributed by atoms with Crippen LogP contribution in [0.1, 0.15) is 53.6 Å². The van der Waals surface area contributed by atoms with E-state index in [0.29, 0.717) is 63.1 Å². The molecule has 1 amide bonds. The maximum Gasteiger partial charge on any atom is 0.222 e. The number of benzene rings is 2. The molecule has 0 aliphatic carbocycles. The molecule has 2 aromatic rings. The summed E-state index contributed by atoms with van der Waals surface area (Å²) in [5, 5.41) is 0. The van der Waals surface area contributed by atoms with Crippen LogP contribution in [-0.2, 0) is 4.79 Å². The SMILES string of the molecule is Cc1cccc(C)c1OCCCC(=O)N1CCC2(CC1)CC(=O)c1ccccc1O2. The standard InChI is InChI=1S/C25H29NO4/c1-18-7-5-8-19(2)24(18)29-16-6-11-23(28)26-14-12-25(13-15-26)17-21(27)20-9-3-4-10-22(20)30-25/h3-5,7-10H,6,11-17H2,1-2H3. The molecule has 2 aliphatic heterocycles. The van der Waals surface area contributed by atoms with Gasteiger partial charge in [-0.2, -0.15) is 0 Å². The van der Waals surface area contributed by atoms with Gasteiger partial charge in [-0.25, -0.2) is 0 Å². The number of rotatable bonds is 5. The predicted octanol–water partition coefficient (Wildman–Crippen LogP) is 4.49. The van der Waals surface area contributed by atoms with Crippen LogP contribution in [0.5, 0.6) is 11.5 Å². The van der Waals surface area contributed by atoms with Crippen LogP contribution in [0.2, 0.25) is 0 Å². The quantitative estimate of drug-likeness (QED) is 0.686. The molecule has 0 atom stereocenters. The number of amides is 1. The lowest BCUT2D eigenvalue weighted by molar-refractivity contribution is -0.135. The van der Waals surface area contributed by atoms with E-state index in [4.69, 9.17) is 9.47 Å². The van der Waals surface area contributed by atoms with Gasteiger partial charge in [0, 0.05) is 32.4 Å². The number of para-hydroxylation sites is 2. The molecule has 2 heterocycles. The number of piperidine rings is 1. The summed E-state index contributed by atoms with van der Waals surface area (Å²) in [6, 6.07) is 13.5. The van der Waals surface area contributed by atoms with Crippen molar-refractivity contribution in [3.63, 3.8) is 0 Å². The van der Waals surface area contributed by atoms with E-state index in [0.717, 1.165) is 16.9 Å². The fourth-order valence-corrected chi connectivity index (χ4v) is 4.47. The Morgan fingerprint density at radius 1 is 1.07 bits per heavy atom. The highest BCUT2D eigenvalue weighted by Crippen LogP contribution is 2.39. The Labute approximate surface area is 178 Å². The molecular formula is C25H29NO4. The molecule has 1 fully saturated rings. The molecule has 0 unspecified atom stereocenters. The molecule has 0 N–H and O–H groups in total. The van der Waals surface area contributed by atoms with Crippen molar-refractivity contribution in [2.45, 2.75) is 51.6 Å². The summed E-state index contributed by atoms with van der Waals surface area (Å²) < 4.78 is 12.2. The molecule has 0 aromatic heterocycles. The zero-order valence-corrected chi connectivity index (χ0v) is 17.8. The van der Waals surface area contributed by atoms with Crippen molar-refractivity contribution in [1.82, 2.24) is 4.90 Å². The third kappa shape index (κ3) is 4.20. The van der Waals surface area contributed by atoms with Crippen LogP contribution < -0.4 is 9.47 Å². The van der Waals surface area contributed by atoms with Gasteiger partial charge in [0.1, 0.15) is 17.1 Å². The number of ketones is 1. The number of fused-ring (bicyclic) bond motifs is 1. The second-order valence-electron chi connectivity index (χ2n) is 8.43. The molecule has 2 aromatic carbocycles. The monoisotopic (exact) mass is 407 g/mol. The number of nitrogens with zero attached hydrogens (tertiary/aromatic N) is 1. The zero-order valence-electron chi connectivity index (χ0n) is 17.8. The van der Waals surface area contributed by atoms with Crippen molar-refractivity contribution < 1.29 is 19.1 Å². The Balaban J connectivity index is 1.25. The first-order valence-electron chi connectivity index (χ1n) is 10.8. The van der Waals surface area contributed by atoms with Crippen LogP contribution in [0.4, 0.5) is 0 Å². The van der Waals surface area contributed by atoms with E-state index in [1.165, 1.54) is 0 Å². The molecule has 2 aliphatic rings. The van der Waals surface area contributed by atoms with Crippen LogP contribution in [0.25, 0.3) is 0 Å². The molecule has 5 nitrogen and oxygen atoms in total. The number of hydrogen-bond acceptors (Lipinski definition) is 4. The largest absolute Gasteiger partial charge is 0.493 e. The summed E-state index contributed by atoms with van der Waals surface area (Å²) in [5.74, 6) is 1.89. The lowest BCUT2D eigenvalue weighted by Crippen LogP contribution is -2.52. The minimum absolute atomic E-state index is 0.139. The summed E-state index contributed by atoms with van der Waals surface area (Å²) in [7, 11) is 0. The van der Waals surface area contributed by atoms with Gasteiger partial charge in [-0.3, -0.25) is 9.59 Å². The van der Waals surface area contributed by atoms with Crippen LogP contribution in [-0.4, -0.2) is 41.9 Å². The predicted molar refractivity (Wildman–Crippen MR) is 115 cm³/mol. The summed E-state index contributed by atoms with van der Waals surface area (Å²) in [5.41, 5.74) is 2.44. The molecule has 158 valence electrons. The number of carbonyl (C=O) groups excluding carboxylic acids is 2. The van der Waals surface area contributed by atoms with Crippen molar-refractivity contribution in [2.24, 2.45) is 0 Å². The second kappa shape index (κ2) is 8.50. The van der Waals surface area contributed by atoms with Crippen molar-refractivity contribution in [3.8, 4) is 11.5 Å². The minimum Gasteiger partial charge on any atom is -0.493 e. The normalized spacial score (nSPS) is 17.4. The number of aryl methyl sites for hydroxylation is 2. The molecule has 0 radical (unpaired) electrons. The first kappa shape index (κ1) is 20.5. The Morgan fingerprint density at radius 2 is 1.77 bits per heavy atom. The summed E-state index contributed by atoms with van der Waals surface area (Å²) >= 11 is 0. The number of Topliss-reactive ketones (excluding diaryl/α,β-unsaturated/α-hetero) is 1. The van der Waals surface area contributed by atoms with Gasteiger partial charge >= 0.3 is 0 Å². The first-order valence-corrected chi connectivity index (χ1v) is 10.8. The van der Waals surface area contributed by atoms with Crippen molar-refractivity contribution in [2.75, 3.05) is 19.7 Å². The van der Waals surface area contributed by atoms with E-state index < -0.39 is 5.60 Å². The van der Waals surface area contributed by atoms with E-state index >= 15 is 0 Å². The topological polar surface area (TPSA) is 55.8 Å². The highest BCUT2D eigenvalue weighted by molar-refractivity contribution is 6.00.